The summed E-state index contributed by atoms with van der Waals surface area (Å²) in [6, 6.07) is 10.6. The van der Waals surface area contributed by atoms with Crippen LogP contribution >= 0.6 is 34.8 Å². The van der Waals surface area contributed by atoms with Crippen LogP contribution in [0.1, 0.15) is 11.5 Å². The zero-order valence-electron chi connectivity index (χ0n) is 13.8. The van der Waals surface area contributed by atoms with Crippen molar-refractivity contribution in [2.24, 2.45) is 0 Å². The number of methoxy groups -OCH3 is 2. The van der Waals surface area contributed by atoms with Crippen LogP contribution in [0.3, 0.4) is 0 Å². The number of ether oxygens (including phenoxy) is 2. The molecule has 0 saturated heterocycles. The highest BCUT2D eigenvalue weighted by atomic mass is 35.5. The highest BCUT2D eigenvalue weighted by Crippen LogP contribution is 2.37. The van der Waals surface area contributed by atoms with Crippen LogP contribution in [0.25, 0.3) is 22.5 Å². The molecule has 5 nitrogen and oxygen atoms in total. The Labute approximate surface area is 165 Å². The molecule has 26 heavy (non-hydrogen) atoms. The second-order valence-electron chi connectivity index (χ2n) is 5.13. The summed E-state index contributed by atoms with van der Waals surface area (Å²) < 4.78 is 15.7. The maximum Gasteiger partial charge on any atom is 0.269 e. The van der Waals surface area contributed by atoms with Crippen molar-refractivity contribution >= 4 is 45.9 Å². The van der Waals surface area contributed by atoms with Crippen LogP contribution in [-0.2, 0) is 0 Å². The maximum atomic E-state index is 6.32. The molecular formula is C18H13Cl3N2O3. The summed E-state index contributed by atoms with van der Waals surface area (Å²) in [7, 11) is 3.04. The molecule has 0 unspecified atom stereocenters. The van der Waals surface area contributed by atoms with Gasteiger partial charge in [0.2, 0.25) is 5.82 Å². The lowest BCUT2D eigenvalue weighted by atomic mass is 10.2. The van der Waals surface area contributed by atoms with Gasteiger partial charge in [-0.05, 0) is 35.9 Å². The summed E-state index contributed by atoms with van der Waals surface area (Å²) in [5, 5.41) is 5.08. The minimum atomic E-state index is 0.160. The van der Waals surface area contributed by atoms with Crippen LogP contribution in [0.2, 0.25) is 10.0 Å². The van der Waals surface area contributed by atoms with Gasteiger partial charge in [-0.2, -0.15) is 4.98 Å². The quantitative estimate of drug-likeness (QED) is 0.531. The van der Waals surface area contributed by atoms with Crippen LogP contribution in [0, 0.1) is 0 Å². The molecule has 0 spiro atoms. The standard InChI is InChI=1S/C18H13Cl3N2O3/c1-24-15-9-10(7-13(20)16(15)25-2)8-14(21)18-22-17(23-26-18)11-5-3-4-6-12(11)19/h3-9H,1-2H3/b14-8-. The highest BCUT2D eigenvalue weighted by Gasteiger charge is 2.15. The van der Waals surface area contributed by atoms with Crippen LogP contribution in [0.15, 0.2) is 40.9 Å². The van der Waals surface area contributed by atoms with Crippen LogP contribution in [0.4, 0.5) is 0 Å². The minimum absolute atomic E-state index is 0.160. The van der Waals surface area contributed by atoms with Gasteiger partial charge in [-0.25, -0.2) is 0 Å². The molecule has 0 radical (unpaired) electrons. The average molecular weight is 412 g/mol. The Balaban J connectivity index is 1.94. The third-order valence-corrected chi connectivity index (χ3v) is 4.38. The number of benzene rings is 2. The lowest BCUT2D eigenvalue weighted by Gasteiger charge is -2.10. The lowest BCUT2D eigenvalue weighted by Crippen LogP contribution is -1.92. The number of rotatable bonds is 5. The average Bonchev–Trinajstić information content (AvgIpc) is 3.11. The van der Waals surface area contributed by atoms with Crippen LogP contribution in [-0.4, -0.2) is 24.4 Å². The molecule has 0 fully saturated rings. The molecule has 1 heterocycles. The monoisotopic (exact) mass is 410 g/mol. The first kappa shape index (κ1) is 18.6. The number of hydrogen-bond acceptors (Lipinski definition) is 5. The Kier molecular flexibility index (Phi) is 5.71. The maximum absolute atomic E-state index is 6.32. The van der Waals surface area contributed by atoms with Gasteiger partial charge in [-0.3, -0.25) is 0 Å². The molecule has 0 atom stereocenters. The number of aromatic nitrogens is 2. The summed E-state index contributed by atoms with van der Waals surface area (Å²) in [6.45, 7) is 0. The molecule has 0 aliphatic rings. The van der Waals surface area contributed by atoms with E-state index < -0.39 is 0 Å². The van der Waals surface area contributed by atoms with Crippen molar-refractivity contribution in [3.8, 4) is 22.9 Å². The summed E-state index contributed by atoms with van der Waals surface area (Å²) in [4.78, 5) is 4.28. The molecule has 134 valence electrons. The summed E-state index contributed by atoms with van der Waals surface area (Å²) >= 11 is 18.7. The van der Waals surface area contributed by atoms with E-state index >= 15 is 0 Å². The van der Waals surface area contributed by atoms with E-state index in [0.717, 1.165) is 0 Å². The van der Waals surface area contributed by atoms with Crippen molar-refractivity contribution in [3.63, 3.8) is 0 Å². The zero-order valence-corrected chi connectivity index (χ0v) is 16.1. The second kappa shape index (κ2) is 7.99. The summed E-state index contributed by atoms with van der Waals surface area (Å²) in [5.74, 6) is 1.44. The topological polar surface area (TPSA) is 57.4 Å². The molecule has 0 bridgehead atoms. The van der Waals surface area contributed by atoms with Crippen molar-refractivity contribution in [2.75, 3.05) is 14.2 Å². The van der Waals surface area contributed by atoms with Crippen molar-refractivity contribution in [1.82, 2.24) is 10.1 Å². The van der Waals surface area contributed by atoms with Gasteiger partial charge in [-0.15, -0.1) is 0 Å². The molecule has 0 aliphatic heterocycles. The highest BCUT2D eigenvalue weighted by molar-refractivity contribution is 6.50. The first-order valence-corrected chi connectivity index (χ1v) is 8.54. The van der Waals surface area contributed by atoms with Crippen molar-refractivity contribution < 1.29 is 14.0 Å². The number of hydrogen-bond donors (Lipinski definition) is 0. The van der Waals surface area contributed by atoms with E-state index in [1.165, 1.54) is 14.2 Å². The fraction of sp³-hybridized carbons (Fsp3) is 0.111. The lowest BCUT2D eigenvalue weighted by molar-refractivity contribution is 0.355. The zero-order chi connectivity index (χ0) is 18.7. The molecule has 0 saturated carbocycles. The van der Waals surface area contributed by atoms with Gasteiger partial charge in [0.15, 0.2) is 11.5 Å². The van der Waals surface area contributed by atoms with Crippen molar-refractivity contribution in [1.29, 1.82) is 0 Å². The van der Waals surface area contributed by atoms with Crippen molar-refractivity contribution in [3.05, 3.63) is 57.9 Å². The predicted octanol–water partition coefficient (Wildman–Crippen LogP) is 5.80. The largest absolute Gasteiger partial charge is 0.493 e. The van der Waals surface area contributed by atoms with Gasteiger partial charge in [0.25, 0.3) is 5.89 Å². The normalized spacial score (nSPS) is 11.5. The molecular weight excluding hydrogens is 399 g/mol. The molecule has 8 heteroatoms. The van der Waals surface area contributed by atoms with E-state index in [1.54, 1.807) is 30.3 Å². The van der Waals surface area contributed by atoms with Gasteiger partial charge < -0.3 is 14.0 Å². The predicted molar refractivity (Wildman–Crippen MR) is 103 cm³/mol. The number of nitrogens with zero attached hydrogens (tertiary/aromatic N) is 2. The Morgan fingerprint density at radius 3 is 2.54 bits per heavy atom. The molecule has 3 rings (SSSR count). The van der Waals surface area contributed by atoms with Gasteiger partial charge >= 0.3 is 0 Å². The summed E-state index contributed by atoms with van der Waals surface area (Å²) in [6.07, 6.45) is 1.64. The fourth-order valence-electron chi connectivity index (χ4n) is 2.30. The molecule has 0 aliphatic carbocycles. The van der Waals surface area contributed by atoms with Gasteiger partial charge in [0.1, 0.15) is 5.03 Å². The Bertz CT molecular complexity index is 970. The Morgan fingerprint density at radius 2 is 1.85 bits per heavy atom. The second-order valence-corrected chi connectivity index (χ2v) is 6.36. The van der Waals surface area contributed by atoms with E-state index in [-0.39, 0.29) is 10.9 Å². The third-order valence-electron chi connectivity index (χ3n) is 3.49. The van der Waals surface area contributed by atoms with E-state index in [4.69, 9.17) is 48.8 Å². The Hall–Kier alpha value is -2.21. The molecule has 2 aromatic carbocycles. The fourth-order valence-corrected chi connectivity index (χ4v) is 3.02. The molecule has 3 aromatic rings. The molecule has 0 amide bonds. The summed E-state index contributed by atoms with van der Waals surface area (Å²) in [5.41, 5.74) is 1.35. The van der Waals surface area contributed by atoms with Gasteiger partial charge in [0.05, 0.1) is 24.3 Å². The van der Waals surface area contributed by atoms with E-state index in [1.807, 2.05) is 12.1 Å². The van der Waals surface area contributed by atoms with E-state index in [0.29, 0.717) is 38.5 Å². The SMILES string of the molecule is COc1cc(/C=C(\Cl)c2nc(-c3ccccc3Cl)no2)cc(Cl)c1OC. The van der Waals surface area contributed by atoms with Crippen LogP contribution in [0.5, 0.6) is 11.5 Å². The van der Waals surface area contributed by atoms with E-state index in [9.17, 15) is 0 Å². The minimum Gasteiger partial charge on any atom is -0.493 e. The van der Waals surface area contributed by atoms with Gasteiger partial charge in [0, 0.05) is 5.56 Å². The molecule has 1 aromatic heterocycles. The Morgan fingerprint density at radius 1 is 1.08 bits per heavy atom. The molecule has 0 N–H and O–H groups in total. The first-order valence-electron chi connectivity index (χ1n) is 7.41. The van der Waals surface area contributed by atoms with Crippen molar-refractivity contribution in [2.45, 2.75) is 0 Å². The smallest absolute Gasteiger partial charge is 0.269 e. The van der Waals surface area contributed by atoms with Crippen LogP contribution < -0.4 is 9.47 Å². The first-order chi connectivity index (χ1) is 12.5. The van der Waals surface area contributed by atoms with Gasteiger partial charge in [-0.1, -0.05) is 52.1 Å². The number of halogens is 3. The third kappa shape index (κ3) is 3.80. The van der Waals surface area contributed by atoms with E-state index in [2.05, 4.69) is 10.1 Å².